The fourth-order valence-corrected chi connectivity index (χ4v) is 2.25. The Morgan fingerprint density at radius 2 is 2.12 bits per heavy atom. The molecule has 0 spiro atoms. The molecule has 5 nitrogen and oxygen atoms in total. The van der Waals surface area contributed by atoms with E-state index in [9.17, 15) is 0 Å². The molecule has 0 aromatic carbocycles. The first-order valence-electron chi connectivity index (χ1n) is 5.72. The topological polar surface area (TPSA) is 46.1 Å². The second-order valence-electron chi connectivity index (χ2n) is 4.02. The van der Waals surface area contributed by atoms with Gasteiger partial charge in [-0.2, -0.15) is 0 Å². The Hall–Kier alpha value is -0.880. The first kappa shape index (κ1) is 11.6. The number of piperidine rings is 1. The molecule has 90 valence electrons. The molecular formula is C10H18N4OS. The third kappa shape index (κ3) is 2.44. The number of anilines is 1. The smallest absolute Gasteiger partial charge is 0.225 e. The summed E-state index contributed by atoms with van der Waals surface area (Å²) < 4.78 is 7.78. The monoisotopic (exact) mass is 242 g/mol. The molecule has 2 heterocycles. The molecule has 2 rings (SSSR count). The predicted molar refractivity (Wildman–Crippen MR) is 65.4 cm³/mol. The minimum absolute atomic E-state index is 0.661. The largest absolute Gasteiger partial charge is 0.383 e. The number of H-pyrrole nitrogens is 1. The lowest BCUT2D eigenvalue weighted by Gasteiger charge is -2.27. The summed E-state index contributed by atoms with van der Waals surface area (Å²) in [5, 5.41) is 7.17. The summed E-state index contributed by atoms with van der Waals surface area (Å²) in [6.45, 7) is 3.57. The van der Waals surface area contributed by atoms with E-state index in [1.54, 1.807) is 7.11 Å². The molecule has 0 saturated carbocycles. The number of aromatic amines is 1. The highest BCUT2D eigenvalue weighted by Crippen LogP contribution is 2.17. The first-order chi connectivity index (χ1) is 7.83. The van der Waals surface area contributed by atoms with E-state index in [1.807, 2.05) is 4.57 Å². The van der Waals surface area contributed by atoms with Gasteiger partial charge in [0.05, 0.1) is 13.2 Å². The van der Waals surface area contributed by atoms with Gasteiger partial charge in [0.15, 0.2) is 4.77 Å². The number of hydrogen-bond acceptors (Lipinski definition) is 4. The second-order valence-corrected chi connectivity index (χ2v) is 4.41. The molecular weight excluding hydrogens is 224 g/mol. The molecule has 0 aliphatic carbocycles. The Morgan fingerprint density at radius 3 is 2.81 bits per heavy atom. The minimum Gasteiger partial charge on any atom is -0.383 e. The molecule has 1 aromatic heterocycles. The molecule has 1 aliphatic heterocycles. The zero-order chi connectivity index (χ0) is 11.4. The third-order valence-electron chi connectivity index (χ3n) is 2.90. The van der Waals surface area contributed by atoms with Gasteiger partial charge >= 0.3 is 0 Å². The van der Waals surface area contributed by atoms with Crippen LogP contribution in [0, 0.1) is 4.77 Å². The molecule has 0 atom stereocenters. The van der Waals surface area contributed by atoms with Gasteiger partial charge in [0.2, 0.25) is 5.95 Å². The van der Waals surface area contributed by atoms with Crippen molar-refractivity contribution in [2.75, 3.05) is 31.7 Å². The number of hydrogen-bond donors (Lipinski definition) is 1. The average Bonchev–Trinajstić information content (AvgIpc) is 2.69. The highest BCUT2D eigenvalue weighted by Gasteiger charge is 2.16. The number of nitrogens with zero attached hydrogens (tertiary/aromatic N) is 3. The van der Waals surface area contributed by atoms with Crippen molar-refractivity contribution < 1.29 is 4.74 Å². The maximum Gasteiger partial charge on any atom is 0.225 e. The van der Waals surface area contributed by atoms with Crippen molar-refractivity contribution in [1.82, 2.24) is 14.8 Å². The van der Waals surface area contributed by atoms with E-state index in [0.29, 0.717) is 11.4 Å². The number of aromatic nitrogens is 3. The van der Waals surface area contributed by atoms with Crippen LogP contribution in [0.25, 0.3) is 0 Å². The van der Waals surface area contributed by atoms with Crippen molar-refractivity contribution in [3.8, 4) is 0 Å². The standard InChI is InChI=1S/C10H18N4OS/c1-15-8-7-14-9(11-12-10(14)16)13-5-3-2-4-6-13/h2-8H2,1H3,(H,12,16). The predicted octanol–water partition coefficient (Wildman–Crippen LogP) is 1.58. The van der Waals surface area contributed by atoms with Gasteiger partial charge in [0.1, 0.15) is 0 Å². The maximum atomic E-state index is 5.22. The molecule has 0 radical (unpaired) electrons. The normalized spacial score (nSPS) is 16.7. The number of methoxy groups -OCH3 is 1. The SMILES string of the molecule is COCCn1c(N2CCCCC2)n[nH]c1=S. The van der Waals surface area contributed by atoms with Gasteiger partial charge in [0, 0.05) is 20.2 Å². The molecule has 0 amide bonds. The van der Waals surface area contributed by atoms with Crippen LogP contribution in [-0.2, 0) is 11.3 Å². The van der Waals surface area contributed by atoms with E-state index in [-0.39, 0.29) is 0 Å². The summed E-state index contributed by atoms with van der Waals surface area (Å²) in [6, 6.07) is 0. The number of ether oxygens (including phenoxy) is 1. The molecule has 1 saturated heterocycles. The zero-order valence-electron chi connectivity index (χ0n) is 9.61. The second kappa shape index (κ2) is 5.45. The Bertz CT molecular complexity index is 380. The van der Waals surface area contributed by atoms with Gasteiger partial charge in [0.25, 0.3) is 0 Å². The quantitative estimate of drug-likeness (QED) is 0.814. The Kier molecular flexibility index (Phi) is 3.95. The van der Waals surface area contributed by atoms with E-state index < -0.39 is 0 Å². The minimum atomic E-state index is 0.661. The van der Waals surface area contributed by atoms with E-state index in [2.05, 4.69) is 15.1 Å². The van der Waals surface area contributed by atoms with Crippen LogP contribution >= 0.6 is 12.2 Å². The van der Waals surface area contributed by atoms with Crippen LogP contribution in [0.4, 0.5) is 5.95 Å². The Labute approximate surface area is 100 Å². The molecule has 1 aliphatic rings. The summed E-state index contributed by atoms with van der Waals surface area (Å²) in [7, 11) is 1.70. The molecule has 1 aromatic rings. The molecule has 1 N–H and O–H groups in total. The fourth-order valence-electron chi connectivity index (χ4n) is 2.03. The summed E-state index contributed by atoms with van der Waals surface area (Å²) in [5.74, 6) is 0.960. The van der Waals surface area contributed by atoms with Crippen LogP contribution in [0.2, 0.25) is 0 Å². The summed E-state index contributed by atoms with van der Waals surface area (Å²) in [6.07, 6.45) is 3.80. The van der Waals surface area contributed by atoms with Crippen molar-refractivity contribution >= 4 is 18.2 Å². The maximum absolute atomic E-state index is 5.22. The van der Waals surface area contributed by atoms with Crippen LogP contribution in [0.3, 0.4) is 0 Å². The lowest BCUT2D eigenvalue weighted by atomic mass is 10.1. The Balaban J connectivity index is 2.15. The van der Waals surface area contributed by atoms with Gasteiger partial charge < -0.3 is 9.64 Å². The molecule has 1 fully saturated rings. The highest BCUT2D eigenvalue weighted by atomic mass is 32.1. The van der Waals surface area contributed by atoms with Crippen LogP contribution in [0.1, 0.15) is 19.3 Å². The van der Waals surface area contributed by atoms with Crippen LogP contribution in [0.5, 0.6) is 0 Å². The van der Waals surface area contributed by atoms with E-state index in [4.69, 9.17) is 17.0 Å². The van der Waals surface area contributed by atoms with Gasteiger partial charge in [-0.15, -0.1) is 5.10 Å². The molecule has 0 unspecified atom stereocenters. The van der Waals surface area contributed by atoms with Crippen LogP contribution in [-0.4, -0.2) is 41.6 Å². The number of rotatable bonds is 4. The van der Waals surface area contributed by atoms with Gasteiger partial charge in [-0.25, -0.2) is 5.10 Å². The summed E-state index contributed by atoms with van der Waals surface area (Å²) in [5.41, 5.74) is 0. The van der Waals surface area contributed by atoms with Crippen molar-refractivity contribution in [2.24, 2.45) is 0 Å². The van der Waals surface area contributed by atoms with Gasteiger partial charge in [-0.3, -0.25) is 4.57 Å². The van der Waals surface area contributed by atoms with Crippen molar-refractivity contribution in [3.63, 3.8) is 0 Å². The van der Waals surface area contributed by atoms with Crippen molar-refractivity contribution in [3.05, 3.63) is 4.77 Å². The Morgan fingerprint density at radius 1 is 1.38 bits per heavy atom. The molecule has 0 bridgehead atoms. The molecule has 6 heteroatoms. The summed E-state index contributed by atoms with van der Waals surface area (Å²) >= 11 is 5.22. The van der Waals surface area contributed by atoms with Crippen molar-refractivity contribution in [1.29, 1.82) is 0 Å². The fraction of sp³-hybridized carbons (Fsp3) is 0.800. The lowest BCUT2D eigenvalue weighted by molar-refractivity contribution is 0.187. The van der Waals surface area contributed by atoms with Crippen LogP contribution < -0.4 is 4.90 Å². The average molecular weight is 242 g/mol. The van der Waals surface area contributed by atoms with E-state index in [1.165, 1.54) is 19.3 Å². The van der Waals surface area contributed by atoms with Crippen LogP contribution in [0.15, 0.2) is 0 Å². The van der Waals surface area contributed by atoms with Gasteiger partial charge in [-0.1, -0.05) is 0 Å². The van der Waals surface area contributed by atoms with Gasteiger partial charge in [-0.05, 0) is 31.5 Å². The highest BCUT2D eigenvalue weighted by molar-refractivity contribution is 7.71. The van der Waals surface area contributed by atoms with Crippen molar-refractivity contribution in [2.45, 2.75) is 25.8 Å². The lowest BCUT2D eigenvalue weighted by Crippen LogP contribution is -2.32. The summed E-state index contributed by atoms with van der Waals surface area (Å²) in [4.78, 5) is 2.30. The van der Waals surface area contributed by atoms with E-state index >= 15 is 0 Å². The first-order valence-corrected chi connectivity index (χ1v) is 6.13. The number of nitrogens with one attached hydrogen (secondary N) is 1. The third-order valence-corrected chi connectivity index (χ3v) is 3.21. The molecule has 16 heavy (non-hydrogen) atoms. The van der Waals surface area contributed by atoms with E-state index in [0.717, 1.165) is 25.6 Å². The zero-order valence-corrected chi connectivity index (χ0v) is 10.4.